The van der Waals surface area contributed by atoms with Crippen LogP contribution in [0.1, 0.15) is 58.7 Å². The average Bonchev–Trinajstić information content (AvgIpc) is 2.79. The smallest absolute Gasteiger partial charge is 0.338 e. The number of carboxylic acid groups (broad SMARTS) is 1. The van der Waals surface area contributed by atoms with E-state index in [9.17, 15) is 19.5 Å². The van der Waals surface area contributed by atoms with Crippen molar-refractivity contribution in [3.63, 3.8) is 0 Å². The molecule has 0 radical (unpaired) electrons. The molecule has 0 bridgehead atoms. The van der Waals surface area contributed by atoms with Gasteiger partial charge in [0.2, 0.25) is 0 Å². The number of hydrogen-bond acceptors (Lipinski definition) is 4. The monoisotopic (exact) mass is 433 g/mol. The highest BCUT2D eigenvalue weighted by molar-refractivity contribution is 5.96. The first-order valence-corrected chi connectivity index (χ1v) is 10.8. The summed E-state index contributed by atoms with van der Waals surface area (Å²) in [6, 6.07) is 17.4. The minimum absolute atomic E-state index is 0.243. The Hall–Kier alpha value is -3.67. The molecule has 0 atom stereocenters. The van der Waals surface area contributed by atoms with Crippen LogP contribution in [0.25, 0.3) is 11.1 Å². The van der Waals surface area contributed by atoms with Gasteiger partial charge in [0.15, 0.2) is 0 Å². The Bertz CT molecular complexity index is 1160. The number of hydrogen-bond donors (Lipinski definition) is 1. The van der Waals surface area contributed by atoms with Gasteiger partial charge >= 0.3 is 11.9 Å². The Labute approximate surface area is 187 Å². The second-order valence-electron chi connectivity index (χ2n) is 7.53. The largest absolute Gasteiger partial charge is 0.478 e. The summed E-state index contributed by atoms with van der Waals surface area (Å²) < 4.78 is 6.73. The predicted molar refractivity (Wildman–Crippen MR) is 123 cm³/mol. The van der Waals surface area contributed by atoms with Gasteiger partial charge in [0.05, 0.1) is 24.3 Å². The van der Waals surface area contributed by atoms with Crippen molar-refractivity contribution in [2.24, 2.45) is 0 Å². The van der Waals surface area contributed by atoms with Crippen LogP contribution in [0.15, 0.2) is 65.5 Å². The lowest BCUT2D eigenvalue weighted by Gasteiger charge is -2.15. The van der Waals surface area contributed by atoms with Crippen LogP contribution in [-0.4, -0.2) is 28.2 Å². The number of esters is 1. The van der Waals surface area contributed by atoms with Crippen molar-refractivity contribution in [2.45, 2.75) is 39.7 Å². The standard InChI is InChI=1S/C26H27NO5/c1-3-5-8-21-15-20(26(31)32-4-2)16-24(28)27(21)17-18-11-13-19(14-12-18)22-9-6-7-10-23(22)25(29)30/h6-7,9-16H,3-5,8,17H2,1-2H3,(H,29,30). The number of nitrogens with zero attached hydrogens (tertiary/aromatic N) is 1. The van der Waals surface area contributed by atoms with Crippen LogP contribution in [0.5, 0.6) is 0 Å². The molecule has 0 aliphatic carbocycles. The van der Waals surface area contributed by atoms with E-state index in [1.165, 1.54) is 6.07 Å². The van der Waals surface area contributed by atoms with Crippen molar-refractivity contribution in [1.29, 1.82) is 0 Å². The van der Waals surface area contributed by atoms with Crippen LogP contribution in [-0.2, 0) is 17.7 Å². The second-order valence-corrected chi connectivity index (χ2v) is 7.53. The first-order chi connectivity index (χ1) is 15.4. The molecular weight excluding hydrogens is 406 g/mol. The van der Waals surface area contributed by atoms with E-state index in [4.69, 9.17) is 4.74 Å². The third-order valence-electron chi connectivity index (χ3n) is 5.27. The highest BCUT2D eigenvalue weighted by Crippen LogP contribution is 2.24. The molecule has 0 saturated heterocycles. The van der Waals surface area contributed by atoms with Gasteiger partial charge in [-0.3, -0.25) is 4.79 Å². The molecule has 0 aliphatic rings. The number of carbonyl (C=O) groups excluding carboxylic acids is 1. The van der Waals surface area contributed by atoms with E-state index >= 15 is 0 Å². The lowest BCUT2D eigenvalue weighted by Crippen LogP contribution is -2.25. The summed E-state index contributed by atoms with van der Waals surface area (Å²) in [7, 11) is 0. The summed E-state index contributed by atoms with van der Waals surface area (Å²) in [6.45, 7) is 4.42. The summed E-state index contributed by atoms with van der Waals surface area (Å²) >= 11 is 0. The molecule has 2 aromatic carbocycles. The van der Waals surface area contributed by atoms with E-state index in [0.29, 0.717) is 18.5 Å². The maximum Gasteiger partial charge on any atom is 0.338 e. The van der Waals surface area contributed by atoms with E-state index in [1.54, 1.807) is 41.8 Å². The highest BCUT2D eigenvalue weighted by atomic mass is 16.5. The molecule has 6 nitrogen and oxygen atoms in total. The molecule has 0 saturated carbocycles. The number of benzene rings is 2. The summed E-state index contributed by atoms with van der Waals surface area (Å²) in [6.07, 6.45) is 2.55. The maximum absolute atomic E-state index is 12.8. The second kappa shape index (κ2) is 10.6. The number of carbonyl (C=O) groups is 2. The first-order valence-electron chi connectivity index (χ1n) is 10.8. The van der Waals surface area contributed by atoms with Gasteiger partial charge in [-0.05, 0) is 48.6 Å². The first kappa shape index (κ1) is 23.0. The molecule has 0 fully saturated rings. The fraction of sp³-hybridized carbons (Fsp3) is 0.269. The number of aromatic nitrogens is 1. The predicted octanol–water partition coefficient (Wildman–Crippen LogP) is 4.78. The molecule has 3 rings (SSSR count). The number of rotatable bonds is 9. The molecule has 32 heavy (non-hydrogen) atoms. The van der Waals surface area contributed by atoms with Crippen LogP contribution in [0.3, 0.4) is 0 Å². The average molecular weight is 434 g/mol. The number of unbranched alkanes of at least 4 members (excludes halogenated alkanes) is 1. The van der Waals surface area contributed by atoms with E-state index in [-0.39, 0.29) is 23.3 Å². The van der Waals surface area contributed by atoms with Crippen LogP contribution < -0.4 is 5.56 Å². The van der Waals surface area contributed by atoms with E-state index in [0.717, 1.165) is 29.7 Å². The molecule has 1 N–H and O–H groups in total. The maximum atomic E-state index is 12.8. The lowest BCUT2D eigenvalue weighted by molar-refractivity contribution is 0.0525. The van der Waals surface area contributed by atoms with Gasteiger partial charge in [-0.1, -0.05) is 55.8 Å². The molecule has 1 aromatic heterocycles. The van der Waals surface area contributed by atoms with Gasteiger partial charge in [0.1, 0.15) is 0 Å². The van der Waals surface area contributed by atoms with E-state index in [1.807, 2.05) is 24.3 Å². The molecule has 0 aliphatic heterocycles. The lowest BCUT2D eigenvalue weighted by atomic mass is 9.98. The number of carboxylic acids is 1. The van der Waals surface area contributed by atoms with Gasteiger partial charge in [0, 0.05) is 11.8 Å². The quantitative estimate of drug-likeness (QED) is 0.491. The Morgan fingerprint density at radius 1 is 1.00 bits per heavy atom. The van der Waals surface area contributed by atoms with Gasteiger partial charge in [-0.25, -0.2) is 9.59 Å². The minimum atomic E-state index is -0.974. The van der Waals surface area contributed by atoms with Gasteiger partial charge in [-0.15, -0.1) is 0 Å². The third-order valence-corrected chi connectivity index (χ3v) is 5.27. The van der Waals surface area contributed by atoms with Crippen LogP contribution in [0.2, 0.25) is 0 Å². The minimum Gasteiger partial charge on any atom is -0.478 e. The number of aromatic carboxylic acids is 1. The topological polar surface area (TPSA) is 85.6 Å². The van der Waals surface area contributed by atoms with Crippen molar-refractivity contribution in [1.82, 2.24) is 4.57 Å². The SMILES string of the molecule is CCCCc1cc(C(=O)OCC)cc(=O)n1Cc1ccc(-c2ccccc2C(=O)O)cc1. The van der Waals surface area contributed by atoms with Gasteiger partial charge in [0.25, 0.3) is 5.56 Å². The zero-order chi connectivity index (χ0) is 23.1. The van der Waals surface area contributed by atoms with E-state index in [2.05, 4.69) is 6.92 Å². The molecule has 0 spiro atoms. The molecule has 0 amide bonds. The van der Waals surface area contributed by atoms with Crippen molar-refractivity contribution < 1.29 is 19.4 Å². The Morgan fingerprint density at radius 2 is 1.72 bits per heavy atom. The third kappa shape index (κ3) is 5.32. The molecule has 1 heterocycles. The molecule has 0 unspecified atom stereocenters. The summed E-state index contributed by atoms with van der Waals surface area (Å²) in [4.78, 5) is 36.5. The van der Waals surface area contributed by atoms with Crippen molar-refractivity contribution in [2.75, 3.05) is 6.61 Å². The van der Waals surface area contributed by atoms with Crippen LogP contribution >= 0.6 is 0 Å². The highest BCUT2D eigenvalue weighted by Gasteiger charge is 2.14. The Morgan fingerprint density at radius 3 is 2.38 bits per heavy atom. The number of ether oxygens (including phenoxy) is 1. The zero-order valence-electron chi connectivity index (χ0n) is 18.3. The van der Waals surface area contributed by atoms with Crippen molar-refractivity contribution in [3.8, 4) is 11.1 Å². The summed E-state index contributed by atoms with van der Waals surface area (Å²) in [5.74, 6) is -1.46. The molecule has 3 aromatic rings. The summed E-state index contributed by atoms with van der Waals surface area (Å²) in [5.41, 5.74) is 3.41. The molecular formula is C26H27NO5. The van der Waals surface area contributed by atoms with Crippen LogP contribution in [0, 0.1) is 0 Å². The van der Waals surface area contributed by atoms with Crippen molar-refractivity contribution >= 4 is 11.9 Å². The van der Waals surface area contributed by atoms with Gasteiger partial charge in [-0.2, -0.15) is 0 Å². The summed E-state index contributed by atoms with van der Waals surface area (Å²) in [5, 5.41) is 9.43. The van der Waals surface area contributed by atoms with Crippen LogP contribution in [0.4, 0.5) is 0 Å². The zero-order valence-corrected chi connectivity index (χ0v) is 18.3. The van der Waals surface area contributed by atoms with E-state index < -0.39 is 11.9 Å². The fourth-order valence-electron chi connectivity index (χ4n) is 3.62. The molecule has 166 valence electrons. The van der Waals surface area contributed by atoms with Gasteiger partial charge < -0.3 is 14.4 Å². The Balaban J connectivity index is 1.92. The fourth-order valence-corrected chi connectivity index (χ4v) is 3.62. The number of aryl methyl sites for hydroxylation is 1. The molecule has 6 heteroatoms. The van der Waals surface area contributed by atoms with Crippen molar-refractivity contribution in [3.05, 3.63) is 93.4 Å². The Kier molecular flexibility index (Phi) is 7.60. The number of pyridine rings is 1. The normalized spacial score (nSPS) is 10.7.